The maximum atomic E-state index is 13.1. The van der Waals surface area contributed by atoms with Gasteiger partial charge in [0.1, 0.15) is 17.1 Å². The minimum absolute atomic E-state index is 0.0973. The van der Waals surface area contributed by atoms with Gasteiger partial charge in [-0.15, -0.1) is 0 Å². The van der Waals surface area contributed by atoms with Crippen molar-refractivity contribution in [3.05, 3.63) is 71.8 Å². The maximum Gasteiger partial charge on any atom is 0.261 e. The summed E-state index contributed by atoms with van der Waals surface area (Å²) >= 11 is 0. The minimum atomic E-state index is -0.550. The highest BCUT2D eigenvalue weighted by atomic mass is 16.5. The van der Waals surface area contributed by atoms with Crippen molar-refractivity contribution >= 4 is 16.7 Å². The van der Waals surface area contributed by atoms with Crippen molar-refractivity contribution in [2.45, 2.75) is 58.3 Å². The van der Waals surface area contributed by atoms with Crippen LogP contribution in [0, 0.1) is 6.92 Å². The molecule has 0 saturated carbocycles. The number of benzene rings is 3. The van der Waals surface area contributed by atoms with Crippen LogP contribution in [0.4, 0.5) is 0 Å². The molecule has 0 aliphatic carbocycles. The maximum absolute atomic E-state index is 13.1. The minimum Gasteiger partial charge on any atom is -0.487 e. The fraction of sp³-hybridized carbons (Fsp3) is 0.346. The molecule has 0 fully saturated rings. The highest BCUT2D eigenvalue weighted by molar-refractivity contribution is 5.84. The van der Waals surface area contributed by atoms with Crippen LogP contribution >= 0.6 is 0 Å². The first-order valence-electron chi connectivity index (χ1n) is 10.6. The monoisotopic (exact) mass is 403 g/mol. The number of aryl methyl sites for hydroxylation is 1. The van der Waals surface area contributed by atoms with Gasteiger partial charge in [-0.1, -0.05) is 49.4 Å². The summed E-state index contributed by atoms with van der Waals surface area (Å²) < 4.78 is 12.2. The molecule has 1 N–H and O–H groups in total. The summed E-state index contributed by atoms with van der Waals surface area (Å²) in [5.74, 6) is 1.46. The molecule has 4 nitrogen and oxygen atoms in total. The Hall–Kier alpha value is -3.01. The summed E-state index contributed by atoms with van der Waals surface area (Å²) in [5.41, 5.74) is 1.82. The van der Waals surface area contributed by atoms with Crippen molar-refractivity contribution in [1.82, 2.24) is 5.32 Å². The number of amides is 1. The molecule has 0 spiro atoms. The number of carbonyl (C=O) groups is 1. The highest BCUT2D eigenvalue weighted by Crippen LogP contribution is 2.40. The first-order chi connectivity index (χ1) is 14.3. The van der Waals surface area contributed by atoms with E-state index in [2.05, 4.69) is 37.4 Å². The topological polar surface area (TPSA) is 47.6 Å². The molecule has 156 valence electrons. The Bertz CT molecular complexity index is 1070. The van der Waals surface area contributed by atoms with E-state index in [-0.39, 0.29) is 17.6 Å². The van der Waals surface area contributed by atoms with Crippen molar-refractivity contribution in [2.24, 2.45) is 0 Å². The molecule has 0 unspecified atom stereocenters. The lowest BCUT2D eigenvalue weighted by Gasteiger charge is -2.38. The van der Waals surface area contributed by atoms with E-state index in [0.717, 1.165) is 27.6 Å². The second-order valence-electron chi connectivity index (χ2n) is 8.69. The first kappa shape index (κ1) is 20.3. The normalized spacial score (nSPS) is 18.2. The molecule has 0 aromatic heterocycles. The van der Waals surface area contributed by atoms with E-state index in [1.807, 2.05) is 56.3 Å². The molecule has 3 aromatic rings. The van der Waals surface area contributed by atoms with E-state index in [1.54, 1.807) is 0 Å². The predicted octanol–water partition coefficient (Wildman–Crippen LogP) is 5.72. The average molecular weight is 404 g/mol. The molecule has 1 aliphatic heterocycles. The standard InChI is InChI=1S/C26H29NO3/c1-5-23(29-20-12-11-18-8-6-7-9-19(18)15-20)25(28)27-22-16-26(3,4)30-24-14-17(2)10-13-21(22)24/h6-15,22-23H,5,16H2,1-4H3,(H,27,28)/t22-,23-/m0/s1. The fourth-order valence-corrected chi connectivity index (χ4v) is 4.08. The van der Waals surface area contributed by atoms with Crippen molar-refractivity contribution in [3.8, 4) is 11.5 Å². The summed E-state index contributed by atoms with van der Waals surface area (Å²) in [5, 5.41) is 5.46. The third kappa shape index (κ3) is 4.28. The zero-order chi connectivity index (χ0) is 21.3. The molecule has 3 aromatic carbocycles. The van der Waals surface area contributed by atoms with Crippen LogP contribution in [0.15, 0.2) is 60.7 Å². The van der Waals surface area contributed by atoms with Crippen LogP contribution in [0.25, 0.3) is 10.8 Å². The van der Waals surface area contributed by atoms with E-state index < -0.39 is 6.10 Å². The van der Waals surface area contributed by atoms with Gasteiger partial charge >= 0.3 is 0 Å². The third-order valence-electron chi connectivity index (χ3n) is 5.61. The summed E-state index contributed by atoms with van der Waals surface area (Å²) in [7, 11) is 0. The summed E-state index contributed by atoms with van der Waals surface area (Å²) in [6.07, 6.45) is 0.749. The number of hydrogen-bond acceptors (Lipinski definition) is 3. The van der Waals surface area contributed by atoms with Crippen LogP contribution < -0.4 is 14.8 Å². The SMILES string of the molecule is CC[C@H](Oc1ccc2ccccc2c1)C(=O)N[C@H]1CC(C)(C)Oc2cc(C)ccc21. The third-order valence-corrected chi connectivity index (χ3v) is 5.61. The number of nitrogens with one attached hydrogen (secondary N) is 1. The lowest BCUT2D eigenvalue weighted by Crippen LogP contribution is -2.45. The Morgan fingerprint density at radius 2 is 1.90 bits per heavy atom. The lowest BCUT2D eigenvalue weighted by molar-refractivity contribution is -0.129. The van der Waals surface area contributed by atoms with Gasteiger partial charge in [0, 0.05) is 12.0 Å². The largest absolute Gasteiger partial charge is 0.487 e. The fourth-order valence-electron chi connectivity index (χ4n) is 4.08. The number of fused-ring (bicyclic) bond motifs is 2. The van der Waals surface area contributed by atoms with Crippen molar-refractivity contribution < 1.29 is 14.3 Å². The van der Waals surface area contributed by atoms with Gasteiger partial charge in [0.25, 0.3) is 5.91 Å². The van der Waals surface area contributed by atoms with E-state index in [1.165, 1.54) is 0 Å². The number of carbonyl (C=O) groups excluding carboxylic acids is 1. The van der Waals surface area contributed by atoms with Gasteiger partial charge in [0.15, 0.2) is 6.10 Å². The van der Waals surface area contributed by atoms with Gasteiger partial charge in [0.2, 0.25) is 0 Å². The first-order valence-corrected chi connectivity index (χ1v) is 10.6. The summed E-state index contributed by atoms with van der Waals surface area (Å²) in [6, 6.07) is 20.1. The van der Waals surface area contributed by atoms with E-state index in [4.69, 9.17) is 9.47 Å². The van der Waals surface area contributed by atoms with Gasteiger partial charge in [-0.25, -0.2) is 0 Å². The zero-order valence-electron chi connectivity index (χ0n) is 18.1. The molecule has 4 heteroatoms. The summed E-state index contributed by atoms with van der Waals surface area (Å²) in [4.78, 5) is 13.1. The number of rotatable bonds is 5. The van der Waals surface area contributed by atoms with Gasteiger partial charge < -0.3 is 14.8 Å². The molecule has 4 rings (SSSR count). The van der Waals surface area contributed by atoms with Crippen LogP contribution in [-0.4, -0.2) is 17.6 Å². The second kappa shape index (κ2) is 8.02. The van der Waals surface area contributed by atoms with Crippen LogP contribution in [-0.2, 0) is 4.79 Å². The van der Waals surface area contributed by atoms with Crippen LogP contribution in [0.2, 0.25) is 0 Å². The molecular weight excluding hydrogens is 374 g/mol. The molecular formula is C26H29NO3. The van der Waals surface area contributed by atoms with Crippen molar-refractivity contribution in [1.29, 1.82) is 0 Å². The Kier molecular flexibility index (Phi) is 5.42. The number of hydrogen-bond donors (Lipinski definition) is 1. The Morgan fingerprint density at radius 3 is 2.67 bits per heavy atom. The molecule has 0 radical (unpaired) electrons. The highest BCUT2D eigenvalue weighted by Gasteiger charge is 2.35. The molecule has 0 saturated heterocycles. The second-order valence-corrected chi connectivity index (χ2v) is 8.69. The van der Waals surface area contributed by atoms with Crippen LogP contribution in [0.5, 0.6) is 11.5 Å². The van der Waals surface area contributed by atoms with E-state index >= 15 is 0 Å². The molecule has 1 aliphatic rings. The molecule has 2 atom stereocenters. The van der Waals surface area contributed by atoms with Crippen molar-refractivity contribution in [3.63, 3.8) is 0 Å². The molecule has 30 heavy (non-hydrogen) atoms. The average Bonchev–Trinajstić information content (AvgIpc) is 2.70. The Morgan fingerprint density at radius 1 is 1.13 bits per heavy atom. The van der Waals surface area contributed by atoms with Gasteiger partial charge in [-0.3, -0.25) is 4.79 Å². The van der Waals surface area contributed by atoms with Gasteiger partial charge in [-0.05, 0) is 61.7 Å². The Labute approximate surface area is 178 Å². The molecule has 1 amide bonds. The zero-order valence-corrected chi connectivity index (χ0v) is 18.1. The van der Waals surface area contributed by atoms with Gasteiger partial charge in [0.05, 0.1) is 6.04 Å². The quantitative estimate of drug-likeness (QED) is 0.592. The van der Waals surface area contributed by atoms with Crippen LogP contribution in [0.3, 0.4) is 0 Å². The Balaban J connectivity index is 1.52. The van der Waals surface area contributed by atoms with Gasteiger partial charge in [-0.2, -0.15) is 0 Å². The smallest absolute Gasteiger partial charge is 0.261 e. The van der Waals surface area contributed by atoms with Crippen molar-refractivity contribution in [2.75, 3.05) is 0 Å². The van der Waals surface area contributed by atoms with Crippen LogP contribution in [0.1, 0.15) is 50.8 Å². The molecule has 0 bridgehead atoms. The van der Waals surface area contributed by atoms with E-state index in [0.29, 0.717) is 18.6 Å². The number of ether oxygens (including phenoxy) is 2. The van der Waals surface area contributed by atoms with E-state index in [9.17, 15) is 4.79 Å². The lowest BCUT2D eigenvalue weighted by atomic mass is 9.89. The predicted molar refractivity (Wildman–Crippen MR) is 120 cm³/mol. The summed E-state index contributed by atoms with van der Waals surface area (Å²) in [6.45, 7) is 8.13. The molecule has 1 heterocycles.